The molecule has 5 aromatic rings. The van der Waals surface area contributed by atoms with Gasteiger partial charge in [-0.25, -0.2) is 19.3 Å². The van der Waals surface area contributed by atoms with Crippen LogP contribution in [0.2, 0.25) is 0 Å². The number of amides is 5. The Morgan fingerprint density at radius 1 is 0.848 bits per heavy atom. The quantitative estimate of drug-likeness (QED) is 0.0409. The molecule has 4 aliphatic rings. The third-order valence-corrected chi connectivity index (χ3v) is 18.1. The van der Waals surface area contributed by atoms with Crippen molar-refractivity contribution >= 4 is 63.8 Å². The molecule has 5 atom stereocenters. The standard InChI is InChI=1S/C64H81F4N13O10S/c1-39-32-80(33-40(2)76(39)7)52-27-50(65)47(25-51(52)74-59(86)48-31-69-54(83)26-49(48)64(66,67)68)44-12-14-79(15-13-44)62-71-29-43(30-72-62)34-77-16-18-78(19-17-77)56(85)37-91-23-21-89-20-22-90-36-55(84)75-58(63(4,5)6)61(88)81-35-46(82)24-53(81)60(87)70-28-42-8-10-45(11-9-42)57-41(3)73-38-92-57/h8-12,25-27,29-31,38-40,46,53,58,82H,13-24,28,32-37H2,1-7H3,(H,69,83)(H,70,87)(H,74,86)(H,75,84)/t39-,40+,46-,53+,58-/m1/s1. The predicted molar refractivity (Wildman–Crippen MR) is 338 cm³/mol. The molecule has 496 valence electrons. The second kappa shape index (κ2) is 30.4. The summed E-state index contributed by atoms with van der Waals surface area (Å²) >= 11 is 1.55. The number of carbonyl (C=O) groups is 5. The maximum absolute atomic E-state index is 16.3. The van der Waals surface area contributed by atoms with Gasteiger partial charge >= 0.3 is 6.18 Å². The Morgan fingerprint density at radius 3 is 2.15 bits per heavy atom. The molecule has 0 bridgehead atoms. The number of H-pyrrole nitrogens is 1. The highest BCUT2D eigenvalue weighted by molar-refractivity contribution is 7.13. The highest BCUT2D eigenvalue weighted by atomic mass is 32.1. The number of likely N-dealkylation sites (N-methyl/N-ethyl adjacent to an activating group) is 1. The predicted octanol–water partition coefficient (Wildman–Crippen LogP) is 5.33. The Labute approximate surface area is 535 Å². The lowest BCUT2D eigenvalue weighted by atomic mass is 9.85. The lowest BCUT2D eigenvalue weighted by Gasteiger charge is -2.44. The number of ether oxygens (including phenoxy) is 3. The summed E-state index contributed by atoms with van der Waals surface area (Å²) in [6.07, 6.45) is 0.615. The van der Waals surface area contributed by atoms with Crippen molar-refractivity contribution in [1.82, 2.24) is 50.2 Å². The SMILES string of the molecule is Cc1ncsc1-c1ccc(CNC(=O)[C@@H]2C[C@@H](O)CN2C(=O)[C@@H](NC(=O)COCCOCCOCC(=O)N2CCN(Cc3cnc(N4CC=C(c5cc(NC(=O)c6c[nH]c(=O)cc6C(F)(F)F)c(N6C[C@@H](C)N(C)[C@@H](C)C6)cc5F)CC4)nc3)CC2)C(C)(C)C)cc1. The molecule has 0 saturated carbocycles. The average molecular weight is 1300 g/mol. The van der Waals surface area contributed by atoms with E-state index in [4.69, 9.17) is 14.2 Å². The number of β-amino-alcohol motifs (C(OH)–C–C–N with tert-alkyl or cyclic N) is 1. The molecule has 2 aromatic carbocycles. The topological polar surface area (TPSA) is 260 Å². The fourth-order valence-electron chi connectivity index (χ4n) is 11.7. The summed E-state index contributed by atoms with van der Waals surface area (Å²) in [6.45, 7) is 16.1. The van der Waals surface area contributed by atoms with Gasteiger partial charge in [0, 0.05) is 126 Å². The molecular weight excluding hydrogens is 1220 g/mol. The van der Waals surface area contributed by atoms with Crippen molar-refractivity contribution in [2.45, 2.75) is 104 Å². The van der Waals surface area contributed by atoms with Crippen LogP contribution < -0.4 is 31.3 Å². The monoisotopic (exact) mass is 1300 g/mol. The van der Waals surface area contributed by atoms with Gasteiger partial charge in [-0.15, -0.1) is 11.3 Å². The number of nitrogens with zero attached hydrogens (tertiary/aromatic N) is 9. The molecule has 7 heterocycles. The van der Waals surface area contributed by atoms with Crippen LogP contribution in [0.15, 0.2) is 77.4 Å². The van der Waals surface area contributed by atoms with E-state index in [1.54, 1.807) is 54.9 Å². The number of carbonyl (C=O) groups excluding carboxylic acids is 5. The Hall–Kier alpha value is -7.73. The van der Waals surface area contributed by atoms with E-state index in [2.05, 4.69) is 45.7 Å². The van der Waals surface area contributed by atoms with Gasteiger partial charge in [0.2, 0.25) is 35.1 Å². The summed E-state index contributed by atoms with van der Waals surface area (Å²) < 4.78 is 75.1. The molecule has 4 aliphatic heterocycles. The van der Waals surface area contributed by atoms with Crippen LogP contribution in [0.25, 0.3) is 16.0 Å². The van der Waals surface area contributed by atoms with E-state index in [1.807, 2.05) is 68.0 Å². The highest BCUT2D eigenvalue weighted by Gasteiger charge is 2.45. The first-order valence-corrected chi connectivity index (χ1v) is 31.6. The fraction of sp³-hybridized carbons (Fsp3) is 0.516. The number of hydrogen-bond donors (Lipinski definition) is 5. The number of thiazole rings is 1. The molecule has 92 heavy (non-hydrogen) atoms. The van der Waals surface area contributed by atoms with E-state index < -0.39 is 75.9 Å². The molecular formula is C64H81F4N13O10S. The molecule has 5 amide bonds. The number of aromatic amines is 1. The van der Waals surface area contributed by atoms with E-state index in [1.165, 1.54) is 17.0 Å². The number of anilines is 3. The van der Waals surface area contributed by atoms with E-state index in [0.717, 1.165) is 33.5 Å². The van der Waals surface area contributed by atoms with Gasteiger partial charge in [0.25, 0.3) is 5.91 Å². The summed E-state index contributed by atoms with van der Waals surface area (Å²) in [6, 6.07) is 9.07. The highest BCUT2D eigenvalue weighted by Crippen LogP contribution is 2.38. The molecule has 9 rings (SSSR count). The van der Waals surface area contributed by atoms with Crippen molar-refractivity contribution in [3.63, 3.8) is 0 Å². The van der Waals surface area contributed by atoms with Crippen LogP contribution in [0.5, 0.6) is 0 Å². The maximum Gasteiger partial charge on any atom is 0.417 e. The minimum Gasteiger partial charge on any atom is -0.391 e. The van der Waals surface area contributed by atoms with E-state index >= 15 is 4.39 Å². The smallest absolute Gasteiger partial charge is 0.391 e. The van der Waals surface area contributed by atoms with Crippen LogP contribution in [-0.4, -0.2) is 210 Å². The van der Waals surface area contributed by atoms with Crippen LogP contribution in [0, 0.1) is 18.2 Å². The van der Waals surface area contributed by atoms with Crippen LogP contribution >= 0.6 is 11.3 Å². The third-order valence-electron chi connectivity index (χ3n) is 17.1. The van der Waals surface area contributed by atoms with Crippen molar-refractivity contribution in [2.24, 2.45) is 5.41 Å². The number of aliphatic hydroxyl groups excluding tert-OH is 1. The zero-order valence-corrected chi connectivity index (χ0v) is 53.6. The second-order valence-electron chi connectivity index (χ2n) is 24.8. The molecule has 3 saturated heterocycles. The molecule has 0 spiro atoms. The number of piperazine rings is 2. The summed E-state index contributed by atoms with van der Waals surface area (Å²) in [7, 11) is 1.98. The van der Waals surface area contributed by atoms with Gasteiger partial charge < -0.3 is 59.9 Å². The van der Waals surface area contributed by atoms with E-state index in [-0.39, 0.29) is 88.4 Å². The molecule has 0 aliphatic carbocycles. The Balaban J connectivity index is 0.661. The maximum atomic E-state index is 16.3. The number of nitrogens with one attached hydrogen (secondary N) is 4. The molecule has 23 nitrogen and oxygen atoms in total. The van der Waals surface area contributed by atoms with Crippen molar-refractivity contribution < 1.29 is 60.9 Å². The Bertz CT molecular complexity index is 3490. The molecule has 0 unspecified atom stereocenters. The lowest BCUT2D eigenvalue weighted by Crippen LogP contribution is -2.58. The minimum absolute atomic E-state index is 0.0448. The minimum atomic E-state index is -4.99. The fourth-order valence-corrected chi connectivity index (χ4v) is 12.5. The average Bonchev–Trinajstić information content (AvgIpc) is 0.831. The Kier molecular flexibility index (Phi) is 22.6. The summed E-state index contributed by atoms with van der Waals surface area (Å²) in [5, 5.41) is 18.9. The number of likely N-dealkylation sites (tertiary alicyclic amines) is 1. The van der Waals surface area contributed by atoms with Crippen molar-refractivity contribution in [3.05, 3.63) is 122 Å². The van der Waals surface area contributed by atoms with Crippen molar-refractivity contribution in [1.29, 1.82) is 0 Å². The van der Waals surface area contributed by atoms with Crippen LogP contribution in [0.4, 0.5) is 34.9 Å². The van der Waals surface area contributed by atoms with Gasteiger partial charge in [-0.1, -0.05) is 51.1 Å². The van der Waals surface area contributed by atoms with Crippen LogP contribution in [0.1, 0.15) is 85.8 Å². The molecule has 0 radical (unpaired) electrons. The Morgan fingerprint density at radius 2 is 1.52 bits per heavy atom. The number of benzene rings is 2. The molecule has 5 N–H and O–H groups in total. The molecule has 3 fully saturated rings. The third kappa shape index (κ3) is 17.5. The number of halogens is 4. The van der Waals surface area contributed by atoms with E-state index in [0.29, 0.717) is 88.6 Å². The number of alkyl halides is 3. The summed E-state index contributed by atoms with van der Waals surface area (Å²) in [5.74, 6) is -2.76. The van der Waals surface area contributed by atoms with Crippen LogP contribution in [0.3, 0.4) is 0 Å². The van der Waals surface area contributed by atoms with Crippen LogP contribution in [-0.2, 0) is 52.7 Å². The first kappa shape index (κ1) is 68.6. The van der Waals surface area contributed by atoms with E-state index in [9.17, 15) is 47.0 Å². The number of aryl methyl sites for hydroxylation is 1. The lowest BCUT2D eigenvalue weighted by molar-refractivity contribution is -0.144. The summed E-state index contributed by atoms with van der Waals surface area (Å²) in [5.41, 5.74) is 2.87. The van der Waals surface area contributed by atoms with Gasteiger partial charge in [-0.3, -0.25) is 38.6 Å². The number of rotatable bonds is 23. The van der Waals surface area contributed by atoms with Gasteiger partial charge in [0.15, 0.2) is 0 Å². The van der Waals surface area contributed by atoms with Gasteiger partial charge in [-0.2, -0.15) is 13.2 Å². The number of aliphatic hydroxyl groups is 1. The molecule has 3 aromatic heterocycles. The zero-order chi connectivity index (χ0) is 66.0. The van der Waals surface area contributed by atoms with Gasteiger partial charge in [0.1, 0.15) is 31.1 Å². The normalized spacial score (nSPS) is 19.6. The van der Waals surface area contributed by atoms with Crippen molar-refractivity contribution in [2.75, 3.05) is 121 Å². The van der Waals surface area contributed by atoms with Crippen molar-refractivity contribution in [3.8, 4) is 10.4 Å². The number of hydrogen-bond acceptors (Lipinski definition) is 18. The first-order chi connectivity index (χ1) is 43.8. The van der Waals surface area contributed by atoms with Gasteiger partial charge in [-0.05, 0) is 68.5 Å². The second-order valence-corrected chi connectivity index (χ2v) is 25.7. The number of pyridine rings is 1. The molecule has 28 heteroatoms. The summed E-state index contributed by atoms with van der Waals surface area (Å²) in [4.78, 5) is 107. The zero-order valence-electron chi connectivity index (χ0n) is 52.8. The first-order valence-electron chi connectivity index (χ1n) is 30.8. The largest absolute Gasteiger partial charge is 0.417 e. The number of aromatic nitrogens is 4. The van der Waals surface area contributed by atoms with Gasteiger partial charge in [0.05, 0.1) is 71.1 Å².